The molecule has 0 aliphatic carbocycles. The van der Waals surface area contributed by atoms with Crippen LogP contribution in [0.5, 0.6) is 0 Å². The second kappa shape index (κ2) is 5.88. The van der Waals surface area contributed by atoms with Gasteiger partial charge in [-0.1, -0.05) is 26.0 Å². The molecule has 0 spiro atoms. The lowest BCUT2D eigenvalue weighted by Crippen LogP contribution is -2.10. The second-order valence-corrected chi connectivity index (χ2v) is 6.17. The zero-order chi connectivity index (χ0) is 15.7. The molecule has 0 atom stereocenters. The predicted molar refractivity (Wildman–Crippen MR) is 91.7 cm³/mol. The summed E-state index contributed by atoms with van der Waals surface area (Å²) in [6, 6.07) is 8.08. The van der Waals surface area contributed by atoms with E-state index in [1.165, 1.54) is 11.9 Å². The number of H-pyrrole nitrogens is 1. The molecule has 1 aromatic carbocycles. The number of benzene rings is 1. The summed E-state index contributed by atoms with van der Waals surface area (Å²) in [4.78, 5) is 23.2. The first-order valence-corrected chi connectivity index (χ1v) is 7.74. The Morgan fingerprint density at radius 3 is 2.86 bits per heavy atom. The molecule has 0 aliphatic rings. The number of rotatable bonds is 3. The lowest BCUT2D eigenvalue weighted by Gasteiger charge is -2.11. The van der Waals surface area contributed by atoms with Crippen LogP contribution in [0.1, 0.15) is 25.3 Å². The van der Waals surface area contributed by atoms with E-state index < -0.39 is 0 Å². The zero-order valence-corrected chi connectivity index (χ0v) is 13.8. The van der Waals surface area contributed by atoms with Crippen LogP contribution in [0.3, 0.4) is 0 Å². The van der Waals surface area contributed by atoms with Gasteiger partial charge in [0, 0.05) is 11.9 Å². The van der Waals surface area contributed by atoms with E-state index in [9.17, 15) is 4.79 Å². The van der Waals surface area contributed by atoms with Crippen LogP contribution in [-0.2, 0) is 0 Å². The molecule has 2 heterocycles. The maximum Gasteiger partial charge on any atom is 0.261 e. The lowest BCUT2D eigenvalue weighted by atomic mass is 10.0. The third-order valence-corrected chi connectivity index (χ3v) is 4.05. The molecule has 2 aromatic heterocycles. The monoisotopic (exact) mass is 358 g/mol. The summed E-state index contributed by atoms with van der Waals surface area (Å²) in [6.45, 7) is 4.28. The zero-order valence-electron chi connectivity index (χ0n) is 12.2. The number of aromatic amines is 1. The van der Waals surface area contributed by atoms with Gasteiger partial charge in [-0.2, -0.15) is 0 Å². The Kier molecular flexibility index (Phi) is 3.94. The molecule has 112 valence electrons. The van der Waals surface area contributed by atoms with Crippen molar-refractivity contribution in [3.63, 3.8) is 0 Å². The normalized spacial score (nSPS) is 11.1. The van der Waals surface area contributed by atoms with Crippen LogP contribution in [0.15, 0.2) is 46.1 Å². The minimum absolute atomic E-state index is 0.221. The first-order chi connectivity index (χ1) is 10.6. The van der Waals surface area contributed by atoms with Crippen molar-refractivity contribution in [3.8, 4) is 0 Å². The Morgan fingerprint density at radius 1 is 1.27 bits per heavy atom. The molecule has 0 saturated carbocycles. The molecule has 0 radical (unpaired) electrons. The van der Waals surface area contributed by atoms with Gasteiger partial charge in [0.2, 0.25) is 0 Å². The number of hydrogen-bond acceptors (Lipinski definition) is 4. The molecule has 22 heavy (non-hydrogen) atoms. The predicted octanol–water partition coefficient (Wildman–Crippen LogP) is 3.95. The van der Waals surface area contributed by atoms with E-state index in [1.54, 1.807) is 6.20 Å². The molecule has 0 aliphatic heterocycles. The van der Waals surface area contributed by atoms with Crippen molar-refractivity contribution >= 4 is 38.3 Å². The van der Waals surface area contributed by atoms with E-state index in [-0.39, 0.29) is 5.56 Å². The number of nitrogens with one attached hydrogen (secondary N) is 2. The van der Waals surface area contributed by atoms with Crippen molar-refractivity contribution < 1.29 is 0 Å². The summed E-state index contributed by atoms with van der Waals surface area (Å²) in [5, 5.41) is 3.66. The van der Waals surface area contributed by atoms with Gasteiger partial charge in [-0.15, -0.1) is 0 Å². The fraction of sp³-hybridized carbons (Fsp3) is 0.188. The second-order valence-electron chi connectivity index (χ2n) is 5.32. The summed E-state index contributed by atoms with van der Waals surface area (Å²) in [5.74, 6) is 0.926. The molecular weight excluding hydrogens is 344 g/mol. The number of halogens is 1. The van der Waals surface area contributed by atoms with Gasteiger partial charge < -0.3 is 10.3 Å². The van der Waals surface area contributed by atoms with E-state index in [1.807, 2.05) is 12.1 Å². The summed E-state index contributed by atoms with van der Waals surface area (Å²) >= 11 is 3.39. The molecule has 5 nitrogen and oxygen atoms in total. The van der Waals surface area contributed by atoms with E-state index in [2.05, 4.69) is 62.2 Å². The van der Waals surface area contributed by atoms with Crippen molar-refractivity contribution in [2.45, 2.75) is 19.8 Å². The summed E-state index contributed by atoms with van der Waals surface area (Å²) < 4.78 is 0.725. The highest BCUT2D eigenvalue weighted by Crippen LogP contribution is 2.26. The molecule has 3 rings (SSSR count). The van der Waals surface area contributed by atoms with Crippen LogP contribution in [0.25, 0.3) is 10.9 Å². The molecule has 6 heteroatoms. The molecule has 0 unspecified atom stereocenters. The highest BCUT2D eigenvalue weighted by molar-refractivity contribution is 9.10. The summed E-state index contributed by atoms with van der Waals surface area (Å²) in [5.41, 5.74) is 2.48. The number of anilines is 2. The van der Waals surface area contributed by atoms with E-state index >= 15 is 0 Å². The Labute approximate surface area is 136 Å². The molecular formula is C16H15BrN4O. The van der Waals surface area contributed by atoms with Gasteiger partial charge >= 0.3 is 0 Å². The van der Waals surface area contributed by atoms with E-state index in [4.69, 9.17) is 0 Å². The fourth-order valence-corrected chi connectivity index (χ4v) is 2.67. The van der Waals surface area contributed by atoms with E-state index in [0.717, 1.165) is 10.2 Å². The van der Waals surface area contributed by atoms with Crippen LogP contribution in [0, 0.1) is 0 Å². The minimum Gasteiger partial charge on any atom is -0.339 e. The van der Waals surface area contributed by atoms with Gasteiger partial charge in [0.15, 0.2) is 0 Å². The van der Waals surface area contributed by atoms with Crippen LogP contribution >= 0.6 is 15.9 Å². The number of nitrogens with zero attached hydrogens (tertiary/aromatic N) is 2. The largest absolute Gasteiger partial charge is 0.339 e. The van der Waals surface area contributed by atoms with Gasteiger partial charge in [0.1, 0.15) is 17.5 Å². The standard InChI is InChI=1S/C16H15BrN4O/c1-9(2)10-4-3-5-11(6-10)21-15-13-14(19-8-20-15)12(17)7-18-16(13)22/h3-9H,1-2H3,(H,18,22)(H,19,20,21). The Bertz CT molecular complexity index is 889. The topological polar surface area (TPSA) is 70.7 Å². The quantitative estimate of drug-likeness (QED) is 0.743. The van der Waals surface area contributed by atoms with Gasteiger partial charge in [-0.25, -0.2) is 9.97 Å². The number of aromatic nitrogens is 3. The van der Waals surface area contributed by atoms with Crippen molar-refractivity contribution in [3.05, 3.63) is 57.2 Å². The van der Waals surface area contributed by atoms with Crippen LogP contribution in [0.2, 0.25) is 0 Å². The van der Waals surface area contributed by atoms with Gasteiger partial charge in [0.05, 0.1) is 9.99 Å². The van der Waals surface area contributed by atoms with Gasteiger partial charge in [-0.3, -0.25) is 4.79 Å². The third kappa shape index (κ3) is 2.74. The van der Waals surface area contributed by atoms with Crippen molar-refractivity contribution in [1.82, 2.24) is 15.0 Å². The molecule has 0 saturated heterocycles. The number of pyridine rings is 1. The molecule has 0 amide bonds. The van der Waals surface area contributed by atoms with Crippen molar-refractivity contribution in [1.29, 1.82) is 0 Å². The average Bonchev–Trinajstić information content (AvgIpc) is 2.51. The third-order valence-electron chi connectivity index (χ3n) is 3.45. The SMILES string of the molecule is CC(C)c1cccc(Nc2ncnc3c(Br)c[nH]c(=O)c23)c1. The Hall–Kier alpha value is -2.21. The number of hydrogen-bond donors (Lipinski definition) is 2. The molecule has 3 aromatic rings. The summed E-state index contributed by atoms with van der Waals surface area (Å²) in [6.07, 6.45) is 3.03. The average molecular weight is 359 g/mol. The Morgan fingerprint density at radius 2 is 2.09 bits per heavy atom. The minimum atomic E-state index is -0.221. The highest BCUT2D eigenvalue weighted by Gasteiger charge is 2.11. The highest BCUT2D eigenvalue weighted by atomic mass is 79.9. The smallest absolute Gasteiger partial charge is 0.261 e. The van der Waals surface area contributed by atoms with Gasteiger partial charge in [0.25, 0.3) is 5.56 Å². The van der Waals surface area contributed by atoms with Crippen molar-refractivity contribution in [2.24, 2.45) is 0 Å². The first-order valence-electron chi connectivity index (χ1n) is 6.95. The molecule has 0 bridgehead atoms. The van der Waals surface area contributed by atoms with E-state index in [0.29, 0.717) is 22.6 Å². The lowest BCUT2D eigenvalue weighted by molar-refractivity contribution is 0.867. The first kappa shape index (κ1) is 14.7. The van der Waals surface area contributed by atoms with Gasteiger partial charge in [-0.05, 0) is 39.5 Å². The fourth-order valence-electron chi connectivity index (χ4n) is 2.26. The summed E-state index contributed by atoms with van der Waals surface area (Å²) in [7, 11) is 0. The molecule has 0 fully saturated rings. The maximum atomic E-state index is 12.1. The molecule has 2 N–H and O–H groups in total. The van der Waals surface area contributed by atoms with Crippen LogP contribution in [0.4, 0.5) is 11.5 Å². The van der Waals surface area contributed by atoms with Crippen LogP contribution < -0.4 is 10.9 Å². The van der Waals surface area contributed by atoms with Crippen LogP contribution in [-0.4, -0.2) is 15.0 Å². The maximum absolute atomic E-state index is 12.1. The Balaban J connectivity index is 2.10. The van der Waals surface area contributed by atoms with Crippen molar-refractivity contribution in [2.75, 3.05) is 5.32 Å². The number of fused-ring (bicyclic) bond motifs is 1.